The summed E-state index contributed by atoms with van der Waals surface area (Å²) in [6, 6.07) is 6.12. The highest BCUT2D eigenvalue weighted by atomic mass is 127. The van der Waals surface area contributed by atoms with E-state index >= 15 is 0 Å². The second-order valence-corrected chi connectivity index (χ2v) is 7.61. The van der Waals surface area contributed by atoms with Gasteiger partial charge in [-0.25, -0.2) is 4.98 Å². The van der Waals surface area contributed by atoms with Gasteiger partial charge in [0.15, 0.2) is 17.5 Å². The van der Waals surface area contributed by atoms with E-state index < -0.39 is 0 Å². The lowest BCUT2D eigenvalue weighted by molar-refractivity contribution is 0.287. The van der Waals surface area contributed by atoms with Crippen molar-refractivity contribution in [2.45, 2.75) is 40.5 Å². The molecule has 162 valence electrons. The molecule has 0 amide bonds. The molecule has 0 saturated carbocycles. The first-order valence-electron chi connectivity index (χ1n) is 9.83. The highest BCUT2D eigenvalue weighted by molar-refractivity contribution is 14.0. The molecule has 2 aromatic rings. The molecule has 1 aromatic heterocycles. The Morgan fingerprint density at radius 1 is 1.03 bits per heavy atom. The van der Waals surface area contributed by atoms with E-state index in [2.05, 4.69) is 46.6 Å². The number of guanidine groups is 1. The zero-order valence-electron chi connectivity index (χ0n) is 18.0. The van der Waals surface area contributed by atoms with Crippen LogP contribution in [-0.4, -0.2) is 44.3 Å². The van der Waals surface area contributed by atoms with Crippen molar-refractivity contribution >= 4 is 41.3 Å². The van der Waals surface area contributed by atoms with Gasteiger partial charge in [0.1, 0.15) is 0 Å². The molecule has 0 bridgehead atoms. The number of aromatic nitrogens is 1. The Hall–Kier alpha value is -1.55. The lowest BCUT2D eigenvalue weighted by Crippen LogP contribution is -2.39. The maximum atomic E-state index is 5.70. The zero-order valence-corrected chi connectivity index (χ0v) is 21.1. The number of nitrogens with zero attached hydrogens (tertiary/aromatic N) is 2. The SMILES string of the molecule is CCOc1ccc(CCNC(=NC)NCCc2nc(C)c(C)s2)cc1OCC.I. The van der Waals surface area contributed by atoms with E-state index in [1.165, 1.54) is 10.4 Å². The van der Waals surface area contributed by atoms with Crippen LogP contribution in [0.1, 0.15) is 35.0 Å². The molecular weight excluding hydrogens is 499 g/mol. The van der Waals surface area contributed by atoms with Gasteiger partial charge in [0.2, 0.25) is 0 Å². The summed E-state index contributed by atoms with van der Waals surface area (Å²) in [6.45, 7) is 11.0. The quantitative estimate of drug-likeness (QED) is 0.274. The maximum Gasteiger partial charge on any atom is 0.191 e. The fourth-order valence-electron chi connectivity index (χ4n) is 2.73. The third-order valence-corrected chi connectivity index (χ3v) is 5.37. The summed E-state index contributed by atoms with van der Waals surface area (Å²) < 4.78 is 11.3. The van der Waals surface area contributed by atoms with Crippen LogP contribution in [0.3, 0.4) is 0 Å². The molecule has 0 atom stereocenters. The van der Waals surface area contributed by atoms with Gasteiger partial charge in [-0.1, -0.05) is 6.07 Å². The normalized spacial score (nSPS) is 11.0. The molecule has 1 aromatic carbocycles. The van der Waals surface area contributed by atoms with E-state index in [1.807, 2.05) is 19.9 Å². The molecule has 0 aliphatic rings. The number of benzene rings is 1. The van der Waals surface area contributed by atoms with Crippen LogP contribution in [0.5, 0.6) is 11.5 Å². The highest BCUT2D eigenvalue weighted by Gasteiger charge is 2.07. The molecule has 6 nitrogen and oxygen atoms in total. The van der Waals surface area contributed by atoms with Crippen LogP contribution in [0.15, 0.2) is 23.2 Å². The van der Waals surface area contributed by atoms with Crippen molar-refractivity contribution in [1.29, 1.82) is 0 Å². The predicted molar refractivity (Wildman–Crippen MR) is 133 cm³/mol. The molecule has 8 heteroatoms. The first kappa shape index (κ1) is 25.5. The highest BCUT2D eigenvalue weighted by Crippen LogP contribution is 2.28. The van der Waals surface area contributed by atoms with E-state index in [9.17, 15) is 0 Å². The molecule has 29 heavy (non-hydrogen) atoms. The van der Waals surface area contributed by atoms with E-state index in [0.717, 1.165) is 54.1 Å². The summed E-state index contributed by atoms with van der Waals surface area (Å²) in [4.78, 5) is 10.2. The molecule has 0 unspecified atom stereocenters. The Bertz CT molecular complexity index is 761. The van der Waals surface area contributed by atoms with Crippen LogP contribution in [0, 0.1) is 13.8 Å². The van der Waals surface area contributed by atoms with Crippen LogP contribution in [-0.2, 0) is 12.8 Å². The van der Waals surface area contributed by atoms with Crippen molar-refractivity contribution < 1.29 is 9.47 Å². The lowest BCUT2D eigenvalue weighted by Gasteiger charge is -2.14. The molecule has 0 fully saturated rings. The van der Waals surface area contributed by atoms with Gasteiger partial charge < -0.3 is 20.1 Å². The third-order valence-electron chi connectivity index (χ3n) is 4.24. The topological polar surface area (TPSA) is 67.8 Å². The number of ether oxygens (including phenoxy) is 2. The van der Waals surface area contributed by atoms with E-state index in [0.29, 0.717) is 13.2 Å². The Morgan fingerprint density at radius 3 is 2.28 bits per heavy atom. The summed E-state index contributed by atoms with van der Waals surface area (Å²) >= 11 is 1.77. The van der Waals surface area contributed by atoms with Crippen molar-refractivity contribution in [3.8, 4) is 11.5 Å². The monoisotopic (exact) mass is 532 g/mol. The Kier molecular flexibility index (Phi) is 12.0. The Labute approximate surface area is 195 Å². The molecular formula is C21H33IN4O2S. The number of halogens is 1. The van der Waals surface area contributed by atoms with Crippen LogP contribution >= 0.6 is 35.3 Å². The van der Waals surface area contributed by atoms with Crippen LogP contribution in [0.2, 0.25) is 0 Å². The first-order valence-corrected chi connectivity index (χ1v) is 10.6. The van der Waals surface area contributed by atoms with E-state index in [4.69, 9.17) is 9.47 Å². The average Bonchev–Trinajstić information content (AvgIpc) is 3.00. The van der Waals surface area contributed by atoms with Gasteiger partial charge in [-0.05, 0) is 51.8 Å². The Morgan fingerprint density at radius 2 is 1.69 bits per heavy atom. The second kappa shape index (κ2) is 13.6. The van der Waals surface area contributed by atoms with E-state index in [-0.39, 0.29) is 24.0 Å². The molecule has 0 aliphatic heterocycles. The summed E-state index contributed by atoms with van der Waals surface area (Å²) in [6.07, 6.45) is 1.77. The summed E-state index contributed by atoms with van der Waals surface area (Å²) in [5.41, 5.74) is 2.33. The average molecular weight is 532 g/mol. The standard InChI is InChI=1S/C21H32N4O2S.HI/c1-6-26-18-9-8-17(14-19(18)27-7-2)10-12-23-21(22-5)24-13-11-20-25-15(3)16(4)28-20;/h8-9,14H,6-7,10-13H2,1-5H3,(H2,22,23,24);1H. The number of aliphatic imine (C=N–C) groups is 1. The summed E-state index contributed by atoms with van der Waals surface area (Å²) in [7, 11) is 1.79. The minimum absolute atomic E-state index is 0. The van der Waals surface area contributed by atoms with Crippen molar-refractivity contribution in [2.24, 2.45) is 4.99 Å². The second-order valence-electron chi connectivity index (χ2n) is 6.32. The first-order chi connectivity index (χ1) is 13.6. The van der Waals surface area contributed by atoms with Gasteiger partial charge >= 0.3 is 0 Å². The smallest absolute Gasteiger partial charge is 0.191 e. The van der Waals surface area contributed by atoms with Crippen molar-refractivity contribution in [2.75, 3.05) is 33.4 Å². The number of rotatable bonds is 10. The van der Waals surface area contributed by atoms with Gasteiger partial charge in [-0.3, -0.25) is 4.99 Å². The van der Waals surface area contributed by atoms with Crippen molar-refractivity contribution in [3.63, 3.8) is 0 Å². The number of hydrogen-bond donors (Lipinski definition) is 2. The molecule has 0 radical (unpaired) electrons. The third kappa shape index (κ3) is 8.38. The number of nitrogens with one attached hydrogen (secondary N) is 2. The minimum Gasteiger partial charge on any atom is -0.490 e. The molecule has 0 aliphatic carbocycles. The largest absolute Gasteiger partial charge is 0.490 e. The van der Waals surface area contributed by atoms with Gasteiger partial charge in [0, 0.05) is 31.4 Å². The predicted octanol–water partition coefficient (Wildman–Crippen LogP) is 4.13. The minimum atomic E-state index is 0. The molecule has 0 saturated heterocycles. The van der Waals surface area contributed by atoms with Gasteiger partial charge in [-0.2, -0.15) is 0 Å². The van der Waals surface area contributed by atoms with Crippen LogP contribution in [0.4, 0.5) is 0 Å². The number of hydrogen-bond acceptors (Lipinski definition) is 5. The molecule has 1 heterocycles. The lowest BCUT2D eigenvalue weighted by atomic mass is 10.1. The Balaban J connectivity index is 0.00000420. The van der Waals surface area contributed by atoms with Gasteiger partial charge in [0.25, 0.3) is 0 Å². The summed E-state index contributed by atoms with van der Waals surface area (Å²) in [5, 5.41) is 7.88. The summed E-state index contributed by atoms with van der Waals surface area (Å²) in [5.74, 6) is 2.41. The van der Waals surface area contributed by atoms with E-state index in [1.54, 1.807) is 18.4 Å². The fraction of sp³-hybridized carbons (Fsp3) is 0.524. The molecule has 2 N–H and O–H groups in total. The zero-order chi connectivity index (χ0) is 20.4. The number of thiazole rings is 1. The maximum absolute atomic E-state index is 5.70. The number of aryl methyl sites for hydroxylation is 2. The van der Waals surface area contributed by atoms with Crippen molar-refractivity contribution in [1.82, 2.24) is 15.6 Å². The van der Waals surface area contributed by atoms with Crippen LogP contribution < -0.4 is 20.1 Å². The molecule has 2 rings (SSSR count). The molecule has 0 spiro atoms. The fourth-order valence-corrected chi connectivity index (χ4v) is 3.66. The van der Waals surface area contributed by atoms with Gasteiger partial charge in [-0.15, -0.1) is 35.3 Å². The van der Waals surface area contributed by atoms with Crippen molar-refractivity contribution in [3.05, 3.63) is 39.3 Å². The van der Waals surface area contributed by atoms with Gasteiger partial charge in [0.05, 0.1) is 23.9 Å². The van der Waals surface area contributed by atoms with Crippen LogP contribution in [0.25, 0.3) is 0 Å².